The zero-order chi connectivity index (χ0) is 20.2. The second-order valence-electron chi connectivity index (χ2n) is 6.98. The number of hydrogen-bond acceptors (Lipinski definition) is 6. The number of carbonyl (C=O) groups is 1. The maximum atomic E-state index is 12.4. The molecule has 1 amide bonds. The van der Waals surface area contributed by atoms with Crippen LogP contribution in [0.4, 0.5) is 5.69 Å². The van der Waals surface area contributed by atoms with Crippen molar-refractivity contribution in [2.24, 2.45) is 0 Å². The Morgan fingerprint density at radius 3 is 2.62 bits per heavy atom. The smallest absolute Gasteiger partial charge is 0.224 e. The molecule has 0 bridgehead atoms. The molecule has 150 valence electrons. The van der Waals surface area contributed by atoms with Gasteiger partial charge in [0.2, 0.25) is 5.91 Å². The number of methoxy groups -OCH3 is 2. The van der Waals surface area contributed by atoms with Gasteiger partial charge in [0.05, 0.1) is 20.3 Å². The third-order valence-electron chi connectivity index (χ3n) is 4.92. The molecule has 8 heteroatoms. The number of benzene rings is 2. The lowest BCUT2D eigenvalue weighted by Gasteiger charge is -2.11. The van der Waals surface area contributed by atoms with Crippen LogP contribution in [0.25, 0.3) is 11.4 Å². The Labute approximate surface area is 168 Å². The highest BCUT2D eigenvalue weighted by atomic mass is 16.5. The van der Waals surface area contributed by atoms with E-state index in [0.29, 0.717) is 18.9 Å². The molecule has 0 unspecified atom stereocenters. The van der Waals surface area contributed by atoms with E-state index in [1.54, 1.807) is 14.2 Å². The molecule has 0 radical (unpaired) electrons. The van der Waals surface area contributed by atoms with Crippen LogP contribution < -0.4 is 14.8 Å². The average molecular weight is 393 g/mol. The third-order valence-corrected chi connectivity index (χ3v) is 4.92. The van der Waals surface area contributed by atoms with Crippen molar-refractivity contribution < 1.29 is 14.3 Å². The SMILES string of the molecule is COc1ccc(OC)c(CCC(=O)Nc2ccc(-c3nnnn3C3CC3)cc2)c1. The van der Waals surface area contributed by atoms with Crippen molar-refractivity contribution in [3.63, 3.8) is 0 Å². The Balaban J connectivity index is 1.37. The van der Waals surface area contributed by atoms with Crippen molar-refractivity contribution in [2.75, 3.05) is 19.5 Å². The largest absolute Gasteiger partial charge is 0.497 e. The summed E-state index contributed by atoms with van der Waals surface area (Å²) in [6.45, 7) is 0. The predicted octanol–water partition coefficient (Wildman–Crippen LogP) is 3.26. The van der Waals surface area contributed by atoms with Crippen molar-refractivity contribution in [3.8, 4) is 22.9 Å². The molecule has 8 nitrogen and oxygen atoms in total. The molecule has 0 atom stereocenters. The number of nitrogens with one attached hydrogen (secondary N) is 1. The van der Waals surface area contributed by atoms with Crippen LogP contribution >= 0.6 is 0 Å². The number of aryl methyl sites for hydroxylation is 1. The maximum absolute atomic E-state index is 12.4. The van der Waals surface area contributed by atoms with E-state index in [9.17, 15) is 4.79 Å². The third kappa shape index (κ3) is 4.37. The van der Waals surface area contributed by atoms with Crippen LogP contribution in [0.15, 0.2) is 42.5 Å². The highest BCUT2D eigenvalue weighted by Gasteiger charge is 2.28. The van der Waals surface area contributed by atoms with E-state index in [1.165, 1.54) is 0 Å². The number of aromatic nitrogens is 4. The van der Waals surface area contributed by atoms with Gasteiger partial charge in [0.1, 0.15) is 11.5 Å². The molecule has 1 N–H and O–H groups in total. The number of ether oxygens (including phenoxy) is 2. The summed E-state index contributed by atoms with van der Waals surface area (Å²) in [5.74, 6) is 2.18. The highest BCUT2D eigenvalue weighted by molar-refractivity contribution is 5.91. The van der Waals surface area contributed by atoms with Crippen LogP contribution in [0.3, 0.4) is 0 Å². The molecule has 4 rings (SSSR count). The van der Waals surface area contributed by atoms with Crippen molar-refractivity contribution in [1.29, 1.82) is 0 Å². The summed E-state index contributed by atoms with van der Waals surface area (Å²) in [5.41, 5.74) is 2.60. The van der Waals surface area contributed by atoms with E-state index in [0.717, 1.165) is 47.0 Å². The summed E-state index contributed by atoms with van der Waals surface area (Å²) in [4.78, 5) is 12.4. The molecule has 0 spiro atoms. The number of rotatable bonds is 8. The van der Waals surface area contributed by atoms with Crippen LogP contribution in [-0.4, -0.2) is 40.3 Å². The first-order chi connectivity index (χ1) is 14.2. The predicted molar refractivity (Wildman–Crippen MR) is 108 cm³/mol. The Bertz CT molecular complexity index is 996. The van der Waals surface area contributed by atoms with Crippen molar-refractivity contribution >= 4 is 11.6 Å². The first kappa shape index (κ1) is 18.9. The summed E-state index contributed by atoms with van der Waals surface area (Å²) in [7, 11) is 3.23. The lowest BCUT2D eigenvalue weighted by atomic mass is 10.1. The number of nitrogens with zero attached hydrogens (tertiary/aromatic N) is 4. The maximum Gasteiger partial charge on any atom is 0.224 e. The zero-order valence-corrected chi connectivity index (χ0v) is 16.5. The van der Waals surface area contributed by atoms with Gasteiger partial charge in [-0.2, -0.15) is 0 Å². The molecule has 1 aliphatic carbocycles. The van der Waals surface area contributed by atoms with Gasteiger partial charge in [0.25, 0.3) is 0 Å². The monoisotopic (exact) mass is 393 g/mol. The quantitative estimate of drug-likeness (QED) is 0.632. The Morgan fingerprint density at radius 2 is 1.93 bits per heavy atom. The Hall–Kier alpha value is -3.42. The van der Waals surface area contributed by atoms with E-state index >= 15 is 0 Å². The number of hydrogen-bond donors (Lipinski definition) is 1. The van der Waals surface area contributed by atoms with Gasteiger partial charge in [-0.1, -0.05) is 0 Å². The summed E-state index contributed by atoms with van der Waals surface area (Å²) in [6, 6.07) is 13.6. The molecule has 1 aromatic heterocycles. The Morgan fingerprint density at radius 1 is 1.14 bits per heavy atom. The van der Waals surface area contributed by atoms with Gasteiger partial charge in [-0.15, -0.1) is 5.10 Å². The average Bonchev–Trinajstić information content (AvgIpc) is 3.49. The van der Waals surface area contributed by atoms with E-state index in [4.69, 9.17) is 9.47 Å². The number of amides is 1. The summed E-state index contributed by atoms with van der Waals surface area (Å²) in [5, 5.41) is 14.9. The standard InChI is InChI=1S/C21H23N5O3/c1-28-18-10-11-19(29-2)15(13-18)5-12-20(27)22-16-6-3-14(4-7-16)21-23-24-25-26(21)17-8-9-17/h3-4,6-7,10-11,13,17H,5,8-9,12H2,1-2H3,(H,22,27). The lowest BCUT2D eigenvalue weighted by molar-refractivity contribution is -0.116. The van der Waals surface area contributed by atoms with Gasteiger partial charge in [-0.25, -0.2) is 4.68 Å². The van der Waals surface area contributed by atoms with Crippen LogP contribution in [-0.2, 0) is 11.2 Å². The minimum Gasteiger partial charge on any atom is -0.497 e. The molecule has 1 fully saturated rings. The second kappa shape index (κ2) is 8.30. The van der Waals surface area contributed by atoms with Crippen molar-refractivity contribution in [2.45, 2.75) is 31.7 Å². The molecular weight excluding hydrogens is 370 g/mol. The summed E-state index contributed by atoms with van der Waals surface area (Å²) in [6.07, 6.45) is 3.13. The first-order valence-electron chi connectivity index (χ1n) is 9.57. The van der Waals surface area contributed by atoms with Crippen LogP contribution in [0.5, 0.6) is 11.5 Å². The highest BCUT2D eigenvalue weighted by Crippen LogP contribution is 2.36. The van der Waals surface area contributed by atoms with Crippen molar-refractivity contribution in [3.05, 3.63) is 48.0 Å². The normalized spacial score (nSPS) is 13.2. The zero-order valence-electron chi connectivity index (χ0n) is 16.5. The van der Waals surface area contributed by atoms with Gasteiger partial charge in [0, 0.05) is 17.7 Å². The molecule has 3 aromatic rings. The minimum absolute atomic E-state index is 0.0644. The van der Waals surface area contributed by atoms with E-state index < -0.39 is 0 Å². The van der Waals surface area contributed by atoms with E-state index in [2.05, 4.69) is 20.8 Å². The van der Waals surface area contributed by atoms with E-state index in [1.807, 2.05) is 47.1 Å². The minimum atomic E-state index is -0.0644. The Kier molecular flexibility index (Phi) is 5.41. The van der Waals surface area contributed by atoms with E-state index in [-0.39, 0.29) is 5.91 Å². The summed E-state index contributed by atoms with van der Waals surface area (Å²) >= 11 is 0. The lowest BCUT2D eigenvalue weighted by Crippen LogP contribution is -2.12. The topological polar surface area (TPSA) is 91.2 Å². The number of anilines is 1. The summed E-state index contributed by atoms with van der Waals surface area (Å²) < 4.78 is 12.5. The fraction of sp³-hybridized carbons (Fsp3) is 0.333. The molecule has 1 saturated carbocycles. The molecule has 29 heavy (non-hydrogen) atoms. The van der Waals surface area contributed by atoms with Gasteiger partial charge in [-0.3, -0.25) is 4.79 Å². The number of tetrazole rings is 1. The van der Waals surface area contributed by atoms with Crippen LogP contribution in [0, 0.1) is 0 Å². The molecular formula is C21H23N5O3. The van der Waals surface area contributed by atoms with Gasteiger partial charge in [-0.05, 0) is 77.7 Å². The van der Waals surface area contributed by atoms with Crippen LogP contribution in [0.1, 0.15) is 30.9 Å². The molecule has 0 aliphatic heterocycles. The fourth-order valence-electron chi connectivity index (χ4n) is 3.20. The molecule has 0 saturated heterocycles. The van der Waals surface area contributed by atoms with Gasteiger partial charge in [0.15, 0.2) is 5.82 Å². The fourth-order valence-corrected chi connectivity index (χ4v) is 3.20. The molecule has 1 heterocycles. The van der Waals surface area contributed by atoms with Crippen molar-refractivity contribution in [1.82, 2.24) is 20.2 Å². The van der Waals surface area contributed by atoms with Crippen LogP contribution in [0.2, 0.25) is 0 Å². The second-order valence-corrected chi connectivity index (χ2v) is 6.98. The first-order valence-corrected chi connectivity index (χ1v) is 9.57. The van der Waals surface area contributed by atoms with Gasteiger partial charge >= 0.3 is 0 Å². The number of carbonyl (C=O) groups excluding carboxylic acids is 1. The molecule has 1 aliphatic rings. The molecule has 2 aromatic carbocycles. The van der Waals surface area contributed by atoms with Gasteiger partial charge < -0.3 is 14.8 Å².